The van der Waals surface area contributed by atoms with Gasteiger partial charge >= 0.3 is 11.8 Å². The van der Waals surface area contributed by atoms with Gasteiger partial charge in [-0.05, 0) is 30.2 Å². The van der Waals surface area contributed by atoms with E-state index in [1.165, 1.54) is 16.8 Å². The number of hydrogen-bond acceptors (Lipinski definition) is 9. The summed E-state index contributed by atoms with van der Waals surface area (Å²) in [6.45, 7) is 6.66. The van der Waals surface area contributed by atoms with Crippen LogP contribution in [-0.2, 0) is 22.6 Å². The Balaban J connectivity index is 1.49. The molecule has 40 heavy (non-hydrogen) atoms. The highest BCUT2D eigenvalue weighted by atomic mass is 19.1. The predicted molar refractivity (Wildman–Crippen MR) is 140 cm³/mol. The number of hydrogen-bond donors (Lipinski definition) is 4. The number of amides is 3. The summed E-state index contributed by atoms with van der Waals surface area (Å²) in [5, 5.41) is 28.8. The molecule has 1 fully saturated rings. The van der Waals surface area contributed by atoms with E-state index < -0.39 is 35.0 Å². The number of carbonyl (C=O) groups is 3. The van der Waals surface area contributed by atoms with Gasteiger partial charge in [0.2, 0.25) is 11.8 Å². The van der Waals surface area contributed by atoms with Gasteiger partial charge in [0.05, 0.1) is 13.2 Å². The number of halogens is 1. The third-order valence-electron chi connectivity index (χ3n) is 6.58. The normalized spacial score (nSPS) is 15.1. The van der Waals surface area contributed by atoms with E-state index in [0.29, 0.717) is 25.1 Å². The van der Waals surface area contributed by atoms with Crippen LogP contribution in [0.2, 0.25) is 0 Å². The fourth-order valence-electron chi connectivity index (χ4n) is 4.47. The quantitative estimate of drug-likeness (QED) is 0.284. The first kappa shape index (κ1) is 29.1. The molecule has 216 valence electrons. The number of aliphatic hydroxyl groups is 1. The molecule has 0 saturated carbocycles. The van der Waals surface area contributed by atoms with Crippen LogP contribution in [0.4, 0.5) is 4.39 Å². The highest BCUT2D eigenvalue weighted by molar-refractivity contribution is 6.06. The second-order valence-corrected chi connectivity index (χ2v) is 10.7. The minimum atomic E-state index is -1.00. The lowest BCUT2D eigenvalue weighted by Gasteiger charge is -2.30. The minimum Gasteiger partial charge on any atom is -0.415 e. The van der Waals surface area contributed by atoms with Crippen molar-refractivity contribution in [2.24, 2.45) is 11.3 Å². The number of carbonyl (C=O) groups excluding carboxylic acids is 3. The van der Waals surface area contributed by atoms with E-state index >= 15 is 0 Å². The van der Waals surface area contributed by atoms with Crippen molar-refractivity contribution in [2.75, 3.05) is 26.4 Å². The average molecular weight is 560 g/mol. The van der Waals surface area contributed by atoms with Crippen molar-refractivity contribution >= 4 is 28.6 Å². The predicted octanol–water partition coefficient (Wildman–Crippen LogP) is 1.17. The van der Waals surface area contributed by atoms with Crippen molar-refractivity contribution in [3.63, 3.8) is 0 Å². The van der Waals surface area contributed by atoms with Crippen LogP contribution in [0.5, 0.6) is 0 Å². The van der Waals surface area contributed by atoms with Crippen LogP contribution in [0.1, 0.15) is 60.7 Å². The van der Waals surface area contributed by atoms with Gasteiger partial charge in [-0.15, -0.1) is 10.2 Å². The molecule has 3 heterocycles. The molecular weight excluding hydrogens is 525 g/mol. The number of aromatic nitrogens is 4. The molecule has 2 aromatic heterocycles. The molecule has 4 N–H and O–H groups in total. The van der Waals surface area contributed by atoms with E-state index in [9.17, 15) is 18.8 Å². The molecule has 13 nitrogen and oxygen atoms in total. The van der Waals surface area contributed by atoms with Crippen molar-refractivity contribution in [2.45, 2.75) is 52.7 Å². The summed E-state index contributed by atoms with van der Waals surface area (Å²) in [6.07, 6.45) is 1.64. The Morgan fingerprint density at radius 1 is 1.15 bits per heavy atom. The van der Waals surface area contributed by atoms with Crippen LogP contribution in [0.3, 0.4) is 0 Å². The number of fused-ring (bicyclic) bond motifs is 1. The van der Waals surface area contributed by atoms with Crippen molar-refractivity contribution in [3.05, 3.63) is 41.5 Å². The molecule has 1 atom stereocenters. The lowest BCUT2D eigenvalue weighted by molar-refractivity contribution is -0.125. The first-order valence-corrected chi connectivity index (χ1v) is 13.1. The number of para-hydroxylation sites is 1. The third kappa shape index (κ3) is 6.80. The summed E-state index contributed by atoms with van der Waals surface area (Å²) in [5.41, 5.74) is -0.444. The van der Waals surface area contributed by atoms with Crippen LogP contribution in [-0.4, -0.2) is 75.2 Å². The third-order valence-corrected chi connectivity index (χ3v) is 6.58. The van der Waals surface area contributed by atoms with Crippen molar-refractivity contribution < 1.29 is 33.0 Å². The zero-order chi connectivity index (χ0) is 28.9. The molecular formula is C26H34FN7O6. The Labute approximate surface area is 229 Å². The molecule has 4 rings (SSSR count). The number of nitrogens with zero attached hydrogens (tertiary/aromatic N) is 4. The first-order valence-electron chi connectivity index (χ1n) is 13.1. The lowest BCUT2D eigenvalue weighted by Crippen LogP contribution is -2.53. The fraction of sp³-hybridized carbons (Fsp3) is 0.538. The Bertz CT molecular complexity index is 1360. The molecule has 1 aliphatic heterocycles. The number of aliphatic hydroxyl groups excluding tert-OH is 1. The van der Waals surface area contributed by atoms with Gasteiger partial charge in [-0.3, -0.25) is 19.1 Å². The Hall–Kier alpha value is -3.91. The van der Waals surface area contributed by atoms with Crippen LogP contribution in [0.25, 0.3) is 10.9 Å². The maximum atomic E-state index is 14.9. The zero-order valence-corrected chi connectivity index (χ0v) is 22.7. The summed E-state index contributed by atoms with van der Waals surface area (Å²) in [7, 11) is 0. The summed E-state index contributed by atoms with van der Waals surface area (Å²) in [4.78, 5) is 38.5. The monoisotopic (exact) mass is 559 g/mol. The second-order valence-electron chi connectivity index (χ2n) is 10.7. The topological polar surface area (TPSA) is 174 Å². The van der Waals surface area contributed by atoms with Crippen LogP contribution >= 0.6 is 0 Å². The molecule has 14 heteroatoms. The molecule has 1 aromatic carbocycles. The fourth-order valence-corrected chi connectivity index (χ4v) is 4.47. The van der Waals surface area contributed by atoms with Gasteiger partial charge < -0.3 is 30.2 Å². The van der Waals surface area contributed by atoms with E-state index in [1.54, 1.807) is 26.8 Å². The molecule has 0 aliphatic carbocycles. The molecule has 3 aromatic rings. The maximum absolute atomic E-state index is 14.9. The SMILES string of the molecule is CC(C)(C)C(NC(=O)c1nn(CC2CCOCC2)c2c(F)cccc12)C(=O)NCc1nnc(C(=O)NCCO)o1. The Kier molecular flexibility index (Phi) is 9.10. The van der Waals surface area contributed by atoms with Gasteiger partial charge in [-0.25, -0.2) is 4.39 Å². The summed E-state index contributed by atoms with van der Waals surface area (Å²) in [6, 6.07) is 3.48. The molecule has 3 amide bonds. The van der Waals surface area contributed by atoms with Gasteiger partial charge in [0.25, 0.3) is 5.91 Å². The molecule has 0 bridgehead atoms. The molecule has 0 spiro atoms. The maximum Gasteiger partial charge on any atom is 0.308 e. The average Bonchev–Trinajstić information content (AvgIpc) is 3.55. The second kappa shape index (κ2) is 12.5. The highest BCUT2D eigenvalue weighted by Gasteiger charge is 2.34. The van der Waals surface area contributed by atoms with Gasteiger partial charge in [-0.2, -0.15) is 5.10 Å². The van der Waals surface area contributed by atoms with Crippen molar-refractivity contribution in [1.82, 2.24) is 35.9 Å². The molecule has 0 radical (unpaired) electrons. The molecule has 1 unspecified atom stereocenters. The van der Waals surface area contributed by atoms with E-state index in [4.69, 9.17) is 14.3 Å². The number of benzene rings is 1. The van der Waals surface area contributed by atoms with Crippen LogP contribution in [0, 0.1) is 17.2 Å². The standard InChI is InChI=1S/C26H34FN7O6/c1-26(2,3)21(23(37)29-13-18-31-32-25(40-18)24(38)28-9-10-35)30-22(36)19-16-5-4-6-17(27)20(16)34(33-19)14-15-7-11-39-12-8-15/h4-6,15,21,35H,7-14H2,1-3H3,(H,28,38)(H,29,37)(H,30,36). The summed E-state index contributed by atoms with van der Waals surface area (Å²) >= 11 is 0. The Morgan fingerprint density at radius 3 is 2.60 bits per heavy atom. The summed E-state index contributed by atoms with van der Waals surface area (Å²) in [5.74, 6) is -2.36. The van der Waals surface area contributed by atoms with E-state index in [-0.39, 0.29) is 48.6 Å². The van der Waals surface area contributed by atoms with Crippen molar-refractivity contribution in [1.29, 1.82) is 0 Å². The van der Waals surface area contributed by atoms with Crippen LogP contribution in [0.15, 0.2) is 22.6 Å². The van der Waals surface area contributed by atoms with Gasteiger partial charge in [0.1, 0.15) is 17.4 Å². The van der Waals surface area contributed by atoms with Gasteiger partial charge in [-0.1, -0.05) is 32.9 Å². The molecule has 1 aliphatic rings. The van der Waals surface area contributed by atoms with E-state index in [0.717, 1.165) is 12.8 Å². The smallest absolute Gasteiger partial charge is 0.308 e. The summed E-state index contributed by atoms with van der Waals surface area (Å²) < 4.78 is 27.1. The zero-order valence-electron chi connectivity index (χ0n) is 22.7. The van der Waals surface area contributed by atoms with E-state index in [1.807, 2.05) is 0 Å². The number of nitrogens with one attached hydrogen (secondary N) is 3. The largest absolute Gasteiger partial charge is 0.415 e. The van der Waals surface area contributed by atoms with Crippen molar-refractivity contribution in [3.8, 4) is 0 Å². The minimum absolute atomic E-state index is 0.0187. The van der Waals surface area contributed by atoms with Crippen LogP contribution < -0.4 is 16.0 Å². The first-order chi connectivity index (χ1) is 19.1. The van der Waals surface area contributed by atoms with Gasteiger partial charge in [0.15, 0.2) is 5.69 Å². The Morgan fingerprint density at radius 2 is 1.90 bits per heavy atom. The van der Waals surface area contributed by atoms with Gasteiger partial charge in [0, 0.05) is 31.7 Å². The lowest BCUT2D eigenvalue weighted by atomic mass is 9.86. The molecule has 1 saturated heterocycles. The number of ether oxygens (including phenoxy) is 1. The number of rotatable bonds is 10. The highest BCUT2D eigenvalue weighted by Crippen LogP contribution is 2.26. The van der Waals surface area contributed by atoms with E-state index in [2.05, 4.69) is 31.2 Å².